The number of rotatable bonds is 4. The number of hydrogen-bond donors (Lipinski definition) is 3. The van der Waals surface area contributed by atoms with Crippen LogP contribution in [0.4, 0.5) is 0 Å². The first-order valence-corrected chi connectivity index (χ1v) is 5.60. The fourth-order valence-electron chi connectivity index (χ4n) is 0.542. The van der Waals surface area contributed by atoms with Crippen LogP contribution in [0, 0.1) is 10.8 Å². The Hall–Kier alpha value is -0.650. The van der Waals surface area contributed by atoms with Crippen molar-refractivity contribution in [3.8, 4) is 0 Å². The predicted molar refractivity (Wildman–Crippen MR) is 65.5 cm³/mol. The van der Waals surface area contributed by atoms with E-state index in [1.165, 1.54) is 0 Å². The van der Waals surface area contributed by atoms with Crippen LogP contribution in [0.5, 0.6) is 0 Å². The van der Waals surface area contributed by atoms with E-state index in [4.69, 9.17) is 20.1 Å². The van der Waals surface area contributed by atoms with Gasteiger partial charge in [-0.1, -0.05) is 20.8 Å². The lowest BCUT2D eigenvalue weighted by molar-refractivity contribution is -0.158. The zero-order valence-electron chi connectivity index (χ0n) is 11.5. The molecular formula is C12H26O5. The first-order valence-electron chi connectivity index (χ1n) is 5.60. The Kier molecular flexibility index (Phi) is 9.29. The van der Waals surface area contributed by atoms with Crippen LogP contribution < -0.4 is 0 Å². The summed E-state index contributed by atoms with van der Waals surface area (Å²) in [6.07, 6.45) is 0. The summed E-state index contributed by atoms with van der Waals surface area (Å²) in [7, 11) is 0. The zero-order chi connectivity index (χ0) is 14.1. The van der Waals surface area contributed by atoms with Gasteiger partial charge in [0.05, 0.1) is 31.8 Å². The Morgan fingerprint density at radius 3 is 1.65 bits per heavy atom. The largest absolute Gasteiger partial charge is 0.465 e. The highest BCUT2D eigenvalue weighted by atomic mass is 16.5. The molecule has 5 heteroatoms. The molecular weight excluding hydrogens is 224 g/mol. The molecule has 0 aliphatic carbocycles. The van der Waals surface area contributed by atoms with Gasteiger partial charge >= 0.3 is 5.97 Å². The summed E-state index contributed by atoms with van der Waals surface area (Å²) in [6.45, 7) is 9.26. The molecule has 0 saturated carbocycles. The third kappa shape index (κ3) is 11.6. The van der Waals surface area contributed by atoms with Gasteiger partial charge in [-0.25, -0.2) is 0 Å². The molecule has 0 fully saturated rings. The van der Waals surface area contributed by atoms with Crippen LogP contribution in [0.15, 0.2) is 0 Å². The van der Waals surface area contributed by atoms with Crippen LogP contribution in [0.1, 0.15) is 34.6 Å². The Morgan fingerprint density at radius 2 is 1.41 bits per heavy atom. The van der Waals surface area contributed by atoms with E-state index in [1.54, 1.807) is 13.8 Å². The van der Waals surface area contributed by atoms with E-state index < -0.39 is 5.41 Å². The summed E-state index contributed by atoms with van der Waals surface area (Å²) in [6, 6.07) is 0. The Balaban J connectivity index is 0. The Labute approximate surface area is 103 Å². The number of carbonyl (C=O) groups excluding carboxylic acids is 1. The number of aliphatic hydroxyl groups excluding tert-OH is 3. The van der Waals surface area contributed by atoms with Crippen molar-refractivity contribution in [2.24, 2.45) is 10.8 Å². The maximum atomic E-state index is 11.4. The molecule has 0 spiro atoms. The second-order valence-electron chi connectivity index (χ2n) is 5.63. The first kappa shape index (κ1) is 18.7. The molecule has 0 aromatic rings. The van der Waals surface area contributed by atoms with Crippen molar-refractivity contribution in [3.05, 3.63) is 0 Å². The smallest absolute Gasteiger partial charge is 0.313 e. The molecule has 0 aliphatic heterocycles. The van der Waals surface area contributed by atoms with Gasteiger partial charge in [0.15, 0.2) is 0 Å². The van der Waals surface area contributed by atoms with Gasteiger partial charge in [-0.05, 0) is 19.3 Å². The summed E-state index contributed by atoms with van der Waals surface area (Å²) in [5.41, 5.74) is -0.813. The van der Waals surface area contributed by atoms with E-state index >= 15 is 0 Å². The van der Waals surface area contributed by atoms with E-state index in [0.717, 1.165) is 0 Å². The van der Waals surface area contributed by atoms with E-state index in [9.17, 15) is 4.79 Å². The van der Waals surface area contributed by atoms with Crippen LogP contribution >= 0.6 is 0 Å². The van der Waals surface area contributed by atoms with E-state index in [-0.39, 0.29) is 31.2 Å². The minimum absolute atomic E-state index is 0.0266. The summed E-state index contributed by atoms with van der Waals surface area (Å²) in [5.74, 6) is -0.343. The van der Waals surface area contributed by atoms with Gasteiger partial charge in [0, 0.05) is 0 Å². The van der Waals surface area contributed by atoms with Crippen molar-refractivity contribution in [2.45, 2.75) is 34.6 Å². The molecule has 0 atom stereocenters. The van der Waals surface area contributed by atoms with E-state index in [2.05, 4.69) is 0 Å². The number of aliphatic hydroxyl groups is 3. The molecule has 0 bridgehead atoms. The summed E-state index contributed by atoms with van der Waals surface area (Å²) < 4.78 is 5.06. The van der Waals surface area contributed by atoms with Crippen LogP contribution in [0.2, 0.25) is 0 Å². The molecule has 5 nitrogen and oxygen atoms in total. The zero-order valence-corrected chi connectivity index (χ0v) is 11.5. The van der Waals surface area contributed by atoms with Crippen molar-refractivity contribution in [2.75, 3.05) is 26.4 Å². The van der Waals surface area contributed by atoms with Crippen LogP contribution in [-0.4, -0.2) is 47.7 Å². The topological polar surface area (TPSA) is 87.0 Å². The quantitative estimate of drug-likeness (QED) is 0.635. The first-order chi connectivity index (χ1) is 7.60. The molecule has 104 valence electrons. The minimum Gasteiger partial charge on any atom is -0.465 e. The molecule has 0 aliphatic rings. The molecule has 0 unspecified atom stereocenters. The van der Waals surface area contributed by atoms with Crippen LogP contribution in [0.25, 0.3) is 0 Å². The molecule has 0 heterocycles. The van der Waals surface area contributed by atoms with Crippen LogP contribution in [0.3, 0.4) is 0 Å². The predicted octanol–water partition coefficient (Wildman–Crippen LogP) is 0.565. The minimum atomic E-state index is -0.786. The highest BCUT2D eigenvalue weighted by Gasteiger charge is 2.29. The van der Waals surface area contributed by atoms with Crippen molar-refractivity contribution < 1.29 is 24.9 Å². The summed E-state index contributed by atoms with van der Waals surface area (Å²) >= 11 is 0. The van der Waals surface area contributed by atoms with Crippen molar-refractivity contribution in [3.63, 3.8) is 0 Å². The lowest BCUT2D eigenvalue weighted by atomic mass is 9.94. The molecule has 0 rings (SSSR count). The third-order valence-electron chi connectivity index (χ3n) is 1.68. The fourth-order valence-corrected chi connectivity index (χ4v) is 0.542. The highest BCUT2D eigenvalue weighted by molar-refractivity contribution is 5.76. The van der Waals surface area contributed by atoms with Gasteiger partial charge < -0.3 is 20.1 Å². The normalized spacial score (nSPS) is 11.5. The molecule has 0 amide bonds. The van der Waals surface area contributed by atoms with Gasteiger partial charge in [-0.15, -0.1) is 0 Å². The second kappa shape index (κ2) is 8.44. The average molecular weight is 250 g/mol. The fraction of sp³-hybridized carbons (Fsp3) is 0.917. The maximum absolute atomic E-state index is 11.4. The van der Waals surface area contributed by atoms with Crippen LogP contribution in [-0.2, 0) is 9.53 Å². The van der Waals surface area contributed by atoms with Crippen molar-refractivity contribution in [1.29, 1.82) is 0 Å². The monoisotopic (exact) mass is 250 g/mol. The lowest BCUT2D eigenvalue weighted by Gasteiger charge is -2.23. The van der Waals surface area contributed by atoms with Gasteiger partial charge in [0.1, 0.15) is 0 Å². The standard InChI is InChI=1S/C10H20O3.C2H6O2/c1-9(2,3)7-13-8(12)10(4,5)6-11;3-1-2-4/h11H,6-7H2,1-5H3;3-4H,1-2H2. The van der Waals surface area contributed by atoms with Gasteiger partial charge in [-0.2, -0.15) is 0 Å². The number of hydrogen-bond acceptors (Lipinski definition) is 5. The summed E-state index contributed by atoms with van der Waals surface area (Å²) in [5, 5.41) is 24.1. The van der Waals surface area contributed by atoms with E-state index in [1.807, 2.05) is 20.8 Å². The molecule has 3 N–H and O–H groups in total. The Morgan fingerprint density at radius 1 is 1.00 bits per heavy atom. The SMILES string of the molecule is CC(C)(C)COC(=O)C(C)(C)CO.OCCO. The molecule has 0 radical (unpaired) electrons. The third-order valence-corrected chi connectivity index (χ3v) is 1.68. The molecule has 0 saturated heterocycles. The summed E-state index contributed by atoms with van der Waals surface area (Å²) in [4.78, 5) is 11.4. The van der Waals surface area contributed by atoms with Crippen molar-refractivity contribution >= 4 is 5.97 Å². The van der Waals surface area contributed by atoms with Gasteiger partial charge in [0.25, 0.3) is 0 Å². The van der Waals surface area contributed by atoms with E-state index in [0.29, 0.717) is 6.61 Å². The maximum Gasteiger partial charge on any atom is 0.313 e. The average Bonchev–Trinajstić information content (AvgIpc) is 2.25. The molecule has 0 aromatic carbocycles. The van der Waals surface area contributed by atoms with Gasteiger partial charge in [0.2, 0.25) is 0 Å². The Bertz CT molecular complexity index is 203. The number of carbonyl (C=O) groups is 1. The highest BCUT2D eigenvalue weighted by Crippen LogP contribution is 2.19. The number of ether oxygens (including phenoxy) is 1. The molecule has 0 aromatic heterocycles. The molecule has 17 heavy (non-hydrogen) atoms. The van der Waals surface area contributed by atoms with Gasteiger partial charge in [-0.3, -0.25) is 4.79 Å². The van der Waals surface area contributed by atoms with Crippen molar-refractivity contribution in [1.82, 2.24) is 0 Å². The number of esters is 1. The lowest BCUT2D eigenvalue weighted by Crippen LogP contribution is -2.32. The second-order valence-corrected chi connectivity index (χ2v) is 5.63.